The number of methoxy groups -OCH3 is 1. The van der Waals surface area contributed by atoms with Crippen molar-refractivity contribution in [1.82, 2.24) is 10.6 Å². The first-order valence-corrected chi connectivity index (χ1v) is 5.78. The molecule has 2 N–H and O–H groups in total. The van der Waals surface area contributed by atoms with Crippen molar-refractivity contribution >= 4 is 0 Å². The van der Waals surface area contributed by atoms with Crippen LogP contribution in [0.25, 0.3) is 0 Å². The molecule has 0 amide bonds. The summed E-state index contributed by atoms with van der Waals surface area (Å²) in [5.74, 6) is 0. The fraction of sp³-hybridized carbons (Fsp3) is 1.00. The molecule has 1 rings (SSSR count). The minimum Gasteiger partial charge on any atom is -0.385 e. The summed E-state index contributed by atoms with van der Waals surface area (Å²) in [5, 5.41) is 7.08. The van der Waals surface area contributed by atoms with Gasteiger partial charge in [0.25, 0.3) is 0 Å². The van der Waals surface area contributed by atoms with Crippen molar-refractivity contribution in [3.63, 3.8) is 0 Å². The lowest BCUT2D eigenvalue weighted by molar-refractivity contribution is 0.184. The quantitative estimate of drug-likeness (QED) is 0.674. The van der Waals surface area contributed by atoms with E-state index in [-0.39, 0.29) is 0 Å². The average Bonchev–Trinajstić information content (AvgIpc) is 2.25. The van der Waals surface area contributed by atoms with Gasteiger partial charge in [-0.15, -0.1) is 0 Å². The molecule has 3 heteroatoms. The number of hydrogen-bond acceptors (Lipinski definition) is 3. The summed E-state index contributed by atoms with van der Waals surface area (Å²) in [6, 6.07) is 1.26. The molecule has 1 saturated heterocycles. The maximum absolute atomic E-state index is 5.05. The lowest BCUT2D eigenvalue weighted by atomic mass is 10.0. The molecular formula is C11H24N2O. The molecular weight excluding hydrogens is 176 g/mol. The summed E-state index contributed by atoms with van der Waals surface area (Å²) >= 11 is 0. The molecule has 0 spiro atoms. The van der Waals surface area contributed by atoms with Crippen LogP contribution in [0.15, 0.2) is 0 Å². The molecule has 14 heavy (non-hydrogen) atoms. The average molecular weight is 200 g/mol. The molecule has 0 aromatic rings. The first-order valence-electron chi connectivity index (χ1n) is 5.78. The molecule has 1 aliphatic heterocycles. The van der Waals surface area contributed by atoms with Crippen LogP contribution >= 0.6 is 0 Å². The second kappa shape index (κ2) is 7.21. The van der Waals surface area contributed by atoms with E-state index in [4.69, 9.17) is 4.74 Å². The topological polar surface area (TPSA) is 33.3 Å². The van der Waals surface area contributed by atoms with Gasteiger partial charge >= 0.3 is 0 Å². The highest BCUT2D eigenvalue weighted by Gasteiger charge is 2.12. The Hall–Kier alpha value is -0.120. The lowest BCUT2D eigenvalue weighted by Crippen LogP contribution is -2.44. The van der Waals surface area contributed by atoms with Gasteiger partial charge in [-0.2, -0.15) is 0 Å². The van der Waals surface area contributed by atoms with E-state index in [1.807, 2.05) is 0 Å². The van der Waals surface area contributed by atoms with Gasteiger partial charge in [0, 0.05) is 32.3 Å². The molecule has 2 unspecified atom stereocenters. The zero-order chi connectivity index (χ0) is 10.2. The van der Waals surface area contributed by atoms with Crippen molar-refractivity contribution in [3.05, 3.63) is 0 Å². The van der Waals surface area contributed by atoms with Crippen LogP contribution in [0.4, 0.5) is 0 Å². The van der Waals surface area contributed by atoms with Crippen LogP contribution in [-0.4, -0.2) is 38.9 Å². The molecule has 84 valence electrons. The second-order valence-corrected chi connectivity index (χ2v) is 4.24. The molecule has 1 fully saturated rings. The van der Waals surface area contributed by atoms with Crippen molar-refractivity contribution in [2.75, 3.05) is 26.8 Å². The molecule has 0 saturated carbocycles. The minimum atomic E-state index is 0.568. The van der Waals surface area contributed by atoms with Crippen LogP contribution in [0.2, 0.25) is 0 Å². The van der Waals surface area contributed by atoms with Crippen molar-refractivity contribution in [2.45, 2.75) is 44.7 Å². The Kier molecular flexibility index (Phi) is 6.15. The fourth-order valence-electron chi connectivity index (χ4n) is 1.84. The van der Waals surface area contributed by atoms with Crippen LogP contribution in [0.5, 0.6) is 0 Å². The van der Waals surface area contributed by atoms with E-state index in [1.54, 1.807) is 7.11 Å². The Morgan fingerprint density at radius 1 is 1.50 bits per heavy atom. The van der Waals surface area contributed by atoms with E-state index in [2.05, 4.69) is 17.6 Å². The molecule has 0 aromatic carbocycles. The van der Waals surface area contributed by atoms with E-state index in [0.29, 0.717) is 12.1 Å². The summed E-state index contributed by atoms with van der Waals surface area (Å²) in [5.41, 5.74) is 0. The zero-order valence-electron chi connectivity index (χ0n) is 9.51. The number of piperidine rings is 1. The number of ether oxygens (including phenoxy) is 1. The molecule has 1 aliphatic rings. The minimum absolute atomic E-state index is 0.568. The third-order valence-corrected chi connectivity index (χ3v) is 2.88. The Balaban J connectivity index is 2.00. The molecule has 2 atom stereocenters. The maximum atomic E-state index is 5.05. The van der Waals surface area contributed by atoms with Crippen LogP contribution in [0, 0.1) is 0 Å². The van der Waals surface area contributed by atoms with Crippen LogP contribution < -0.4 is 10.6 Å². The molecule has 0 aromatic heterocycles. The first-order chi connectivity index (χ1) is 6.83. The standard InChI is InChI=1S/C11H24N2O/c1-10(6-8-14-2)13-9-11-5-3-4-7-12-11/h10-13H,3-9H2,1-2H3. The maximum Gasteiger partial charge on any atom is 0.0476 e. The van der Waals surface area contributed by atoms with E-state index >= 15 is 0 Å². The van der Waals surface area contributed by atoms with Crippen molar-refractivity contribution < 1.29 is 4.74 Å². The Morgan fingerprint density at radius 3 is 3.00 bits per heavy atom. The Bertz CT molecular complexity index is 135. The van der Waals surface area contributed by atoms with Crippen LogP contribution in [0.3, 0.4) is 0 Å². The normalized spacial score (nSPS) is 24.9. The zero-order valence-corrected chi connectivity index (χ0v) is 9.51. The summed E-state index contributed by atoms with van der Waals surface area (Å²) in [6.07, 6.45) is 5.15. The lowest BCUT2D eigenvalue weighted by Gasteiger charge is -2.25. The molecule has 0 radical (unpaired) electrons. The van der Waals surface area contributed by atoms with E-state index in [1.165, 1.54) is 25.8 Å². The van der Waals surface area contributed by atoms with Gasteiger partial charge in [0.2, 0.25) is 0 Å². The number of hydrogen-bond donors (Lipinski definition) is 2. The third kappa shape index (κ3) is 4.94. The highest BCUT2D eigenvalue weighted by atomic mass is 16.5. The smallest absolute Gasteiger partial charge is 0.0476 e. The largest absolute Gasteiger partial charge is 0.385 e. The highest BCUT2D eigenvalue weighted by molar-refractivity contribution is 4.75. The highest BCUT2D eigenvalue weighted by Crippen LogP contribution is 2.06. The van der Waals surface area contributed by atoms with Crippen LogP contribution in [-0.2, 0) is 4.74 Å². The predicted octanol–water partition coefficient (Wildman–Crippen LogP) is 1.14. The second-order valence-electron chi connectivity index (χ2n) is 4.24. The summed E-state index contributed by atoms with van der Waals surface area (Å²) < 4.78 is 5.05. The van der Waals surface area contributed by atoms with Crippen LogP contribution in [0.1, 0.15) is 32.6 Å². The molecule has 1 heterocycles. The van der Waals surface area contributed by atoms with E-state index in [9.17, 15) is 0 Å². The van der Waals surface area contributed by atoms with Gasteiger partial charge in [0.1, 0.15) is 0 Å². The van der Waals surface area contributed by atoms with E-state index < -0.39 is 0 Å². The summed E-state index contributed by atoms with van der Waals surface area (Å²) in [7, 11) is 1.76. The summed E-state index contributed by atoms with van der Waals surface area (Å²) in [4.78, 5) is 0. The molecule has 0 bridgehead atoms. The number of rotatable bonds is 6. The van der Waals surface area contributed by atoms with Crippen molar-refractivity contribution in [3.8, 4) is 0 Å². The van der Waals surface area contributed by atoms with Gasteiger partial charge in [-0.05, 0) is 32.7 Å². The fourth-order valence-corrected chi connectivity index (χ4v) is 1.84. The predicted molar refractivity (Wildman–Crippen MR) is 59.6 cm³/mol. The molecule has 0 aliphatic carbocycles. The monoisotopic (exact) mass is 200 g/mol. The van der Waals surface area contributed by atoms with Gasteiger partial charge in [0.15, 0.2) is 0 Å². The van der Waals surface area contributed by atoms with Gasteiger partial charge in [-0.25, -0.2) is 0 Å². The third-order valence-electron chi connectivity index (χ3n) is 2.88. The van der Waals surface area contributed by atoms with Gasteiger partial charge in [-0.1, -0.05) is 6.42 Å². The van der Waals surface area contributed by atoms with Gasteiger partial charge in [-0.3, -0.25) is 0 Å². The van der Waals surface area contributed by atoms with Gasteiger partial charge in [0.05, 0.1) is 0 Å². The summed E-state index contributed by atoms with van der Waals surface area (Å²) in [6.45, 7) is 5.37. The Labute approximate surface area is 87.6 Å². The van der Waals surface area contributed by atoms with E-state index in [0.717, 1.165) is 19.6 Å². The molecule has 3 nitrogen and oxygen atoms in total. The van der Waals surface area contributed by atoms with Crippen molar-refractivity contribution in [1.29, 1.82) is 0 Å². The SMILES string of the molecule is COCCC(C)NCC1CCCCN1. The van der Waals surface area contributed by atoms with Gasteiger partial charge < -0.3 is 15.4 Å². The Morgan fingerprint density at radius 2 is 2.36 bits per heavy atom. The number of nitrogens with one attached hydrogen (secondary N) is 2. The van der Waals surface area contributed by atoms with Crippen molar-refractivity contribution in [2.24, 2.45) is 0 Å². The first kappa shape index (κ1) is 12.0.